The third kappa shape index (κ3) is 3.99. The molecule has 1 rings (SSSR count). The number of hydrogen-bond acceptors (Lipinski definition) is 5. The van der Waals surface area contributed by atoms with Gasteiger partial charge in [-0.3, -0.25) is 5.10 Å². The zero-order valence-electron chi connectivity index (χ0n) is 9.68. The van der Waals surface area contributed by atoms with Crippen LogP contribution in [0.4, 0.5) is 5.82 Å². The number of H-pyrrole nitrogens is 1. The molecule has 0 aliphatic heterocycles. The summed E-state index contributed by atoms with van der Waals surface area (Å²) in [7, 11) is -3.58. The van der Waals surface area contributed by atoms with Crippen molar-refractivity contribution in [2.75, 3.05) is 18.9 Å². The molecule has 0 saturated carbocycles. The van der Waals surface area contributed by atoms with E-state index in [1.807, 2.05) is 6.92 Å². The molecule has 0 fully saturated rings. The largest absolute Gasteiger partial charge is 0.396 e. The van der Waals surface area contributed by atoms with E-state index >= 15 is 0 Å². The Balaban J connectivity index is 2.44. The van der Waals surface area contributed by atoms with E-state index in [1.54, 1.807) is 0 Å². The van der Waals surface area contributed by atoms with Crippen molar-refractivity contribution in [3.05, 3.63) is 6.20 Å². The quantitative estimate of drug-likeness (QED) is 0.502. The highest BCUT2D eigenvalue weighted by Crippen LogP contribution is 2.13. The van der Waals surface area contributed by atoms with Gasteiger partial charge in [0.1, 0.15) is 10.7 Å². The van der Waals surface area contributed by atoms with Crippen LogP contribution in [0.1, 0.15) is 19.8 Å². The highest BCUT2D eigenvalue weighted by Gasteiger charge is 2.18. The van der Waals surface area contributed by atoms with E-state index in [0.717, 1.165) is 6.42 Å². The molecule has 1 unspecified atom stereocenters. The first kappa shape index (κ1) is 13.9. The van der Waals surface area contributed by atoms with Crippen LogP contribution >= 0.6 is 0 Å². The van der Waals surface area contributed by atoms with E-state index in [1.165, 1.54) is 6.20 Å². The maximum absolute atomic E-state index is 11.7. The van der Waals surface area contributed by atoms with E-state index in [2.05, 4.69) is 14.9 Å². The maximum atomic E-state index is 11.7. The Morgan fingerprint density at radius 2 is 2.35 bits per heavy atom. The first-order valence-electron chi connectivity index (χ1n) is 5.36. The van der Waals surface area contributed by atoms with Gasteiger partial charge in [0.25, 0.3) is 0 Å². The number of aromatic nitrogens is 2. The fraction of sp³-hybridized carbons (Fsp3) is 0.667. The molecule has 0 aromatic carbocycles. The first-order valence-corrected chi connectivity index (χ1v) is 6.85. The lowest BCUT2D eigenvalue weighted by Gasteiger charge is -2.08. The second-order valence-corrected chi connectivity index (χ2v) is 5.71. The van der Waals surface area contributed by atoms with Crippen molar-refractivity contribution in [1.29, 1.82) is 0 Å². The van der Waals surface area contributed by atoms with Crippen LogP contribution in [0.3, 0.4) is 0 Å². The average molecular weight is 262 g/mol. The van der Waals surface area contributed by atoms with E-state index < -0.39 is 10.0 Å². The maximum Gasteiger partial charge on any atom is 0.245 e. The van der Waals surface area contributed by atoms with Gasteiger partial charge in [0, 0.05) is 13.2 Å². The van der Waals surface area contributed by atoms with Gasteiger partial charge < -0.3 is 10.8 Å². The van der Waals surface area contributed by atoms with E-state index in [-0.39, 0.29) is 23.2 Å². The van der Waals surface area contributed by atoms with Crippen molar-refractivity contribution in [3.63, 3.8) is 0 Å². The summed E-state index contributed by atoms with van der Waals surface area (Å²) >= 11 is 0. The molecule has 0 aliphatic rings. The predicted molar refractivity (Wildman–Crippen MR) is 63.7 cm³/mol. The average Bonchev–Trinajstić information content (AvgIpc) is 2.71. The Bertz CT molecular complexity index is 443. The summed E-state index contributed by atoms with van der Waals surface area (Å²) in [6.45, 7) is 2.33. The molecule has 1 aromatic heterocycles. The van der Waals surface area contributed by atoms with Crippen LogP contribution in [0.25, 0.3) is 0 Å². The summed E-state index contributed by atoms with van der Waals surface area (Å²) in [6, 6.07) is 0. The van der Waals surface area contributed by atoms with Crippen molar-refractivity contribution in [1.82, 2.24) is 14.9 Å². The number of hydrogen-bond donors (Lipinski definition) is 4. The number of nitrogens with zero attached hydrogens (tertiary/aromatic N) is 1. The summed E-state index contributed by atoms with van der Waals surface area (Å²) < 4.78 is 25.9. The molecule has 0 bridgehead atoms. The second kappa shape index (κ2) is 5.99. The van der Waals surface area contributed by atoms with Gasteiger partial charge in [-0.2, -0.15) is 5.10 Å². The third-order valence-electron chi connectivity index (χ3n) is 2.40. The van der Waals surface area contributed by atoms with Crippen molar-refractivity contribution >= 4 is 15.8 Å². The van der Waals surface area contributed by atoms with Gasteiger partial charge in [-0.1, -0.05) is 6.92 Å². The minimum Gasteiger partial charge on any atom is -0.396 e. The van der Waals surface area contributed by atoms with Crippen LogP contribution in [0.5, 0.6) is 0 Å². The Kier molecular flexibility index (Phi) is 4.91. The molecule has 0 saturated heterocycles. The summed E-state index contributed by atoms with van der Waals surface area (Å²) in [5.74, 6) is 0.208. The lowest BCUT2D eigenvalue weighted by molar-refractivity contribution is 0.228. The van der Waals surface area contributed by atoms with E-state index in [0.29, 0.717) is 13.0 Å². The lowest BCUT2D eigenvalue weighted by atomic mass is 10.1. The van der Waals surface area contributed by atoms with Gasteiger partial charge in [-0.25, -0.2) is 13.1 Å². The summed E-state index contributed by atoms with van der Waals surface area (Å²) in [5, 5.41) is 14.7. The van der Waals surface area contributed by atoms with Gasteiger partial charge in [0.2, 0.25) is 10.0 Å². The van der Waals surface area contributed by atoms with Crippen LogP contribution in [-0.2, 0) is 10.0 Å². The van der Waals surface area contributed by atoms with Gasteiger partial charge in [-0.15, -0.1) is 0 Å². The number of nitrogens with two attached hydrogens (primary N) is 1. The molecule has 0 aliphatic carbocycles. The first-order chi connectivity index (χ1) is 7.97. The second-order valence-electron chi connectivity index (χ2n) is 3.98. The zero-order chi connectivity index (χ0) is 12.9. The van der Waals surface area contributed by atoms with Crippen LogP contribution < -0.4 is 10.5 Å². The van der Waals surface area contributed by atoms with Gasteiger partial charge >= 0.3 is 0 Å². The van der Waals surface area contributed by atoms with E-state index in [4.69, 9.17) is 10.8 Å². The van der Waals surface area contributed by atoms with E-state index in [9.17, 15) is 8.42 Å². The molecular formula is C9H18N4O3S. The smallest absolute Gasteiger partial charge is 0.245 e. The lowest BCUT2D eigenvalue weighted by Crippen LogP contribution is -2.25. The minimum atomic E-state index is -3.58. The molecule has 1 aromatic rings. The van der Waals surface area contributed by atoms with Crippen molar-refractivity contribution in [3.8, 4) is 0 Å². The third-order valence-corrected chi connectivity index (χ3v) is 3.89. The van der Waals surface area contributed by atoms with Gasteiger partial charge in [0.15, 0.2) is 0 Å². The SMILES string of the molecule is CC(CO)CCCNS(=O)(=O)c1cn[nH]c1N. The molecule has 0 spiro atoms. The molecule has 0 radical (unpaired) electrons. The molecular weight excluding hydrogens is 244 g/mol. The molecule has 17 heavy (non-hydrogen) atoms. The molecule has 5 N–H and O–H groups in total. The predicted octanol–water partition coefficient (Wildman–Crippen LogP) is -0.321. The monoisotopic (exact) mass is 262 g/mol. The van der Waals surface area contributed by atoms with Crippen LogP contribution in [0, 0.1) is 5.92 Å². The van der Waals surface area contributed by atoms with Crippen LogP contribution in [0.15, 0.2) is 11.1 Å². The number of nitrogens with one attached hydrogen (secondary N) is 2. The Morgan fingerprint density at radius 3 is 2.88 bits per heavy atom. The number of rotatable bonds is 7. The number of aliphatic hydroxyl groups excluding tert-OH is 1. The number of anilines is 1. The standard InChI is InChI=1S/C9H18N4O3S/c1-7(6-14)3-2-4-12-17(15,16)8-5-11-13-9(8)10/h5,7,12,14H,2-4,6H2,1H3,(H3,10,11,13). The zero-order valence-corrected chi connectivity index (χ0v) is 10.5. The summed E-state index contributed by atoms with van der Waals surface area (Å²) in [5.41, 5.74) is 5.43. The highest BCUT2D eigenvalue weighted by atomic mass is 32.2. The molecule has 7 nitrogen and oxygen atoms in total. The molecule has 8 heteroatoms. The summed E-state index contributed by atoms with van der Waals surface area (Å²) in [6.07, 6.45) is 2.60. The van der Waals surface area contributed by atoms with Crippen LogP contribution in [0.2, 0.25) is 0 Å². The molecule has 98 valence electrons. The molecule has 1 atom stereocenters. The topological polar surface area (TPSA) is 121 Å². The molecule has 1 heterocycles. The number of aliphatic hydroxyl groups is 1. The Hall–Kier alpha value is -1.12. The van der Waals surface area contributed by atoms with Gasteiger partial charge in [-0.05, 0) is 18.8 Å². The number of sulfonamides is 1. The van der Waals surface area contributed by atoms with Gasteiger partial charge in [0.05, 0.1) is 6.20 Å². The van der Waals surface area contributed by atoms with Crippen molar-refractivity contribution in [2.45, 2.75) is 24.7 Å². The fourth-order valence-electron chi connectivity index (χ4n) is 1.33. The highest BCUT2D eigenvalue weighted by molar-refractivity contribution is 7.89. The molecule has 0 amide bonds. The Morgan fingerprint density at radius 1 is 1.65 bits per heavy atom. The fourth-order valence-corrected chi connectivity index (χ4v) is 2.42. The normalized spacial score (nSPS) is 13.8. The number of nitrogen functional groups attached to an aromatic ring is 1. The van der Waals surface area contributed by atoms with Crippen molar-refractivity contribution < 1.29 is 13.5 Å². The van der Waals surface area contributed by atoms with Crippen molar-refractivity contribution in [2.24, 2.45) is 5.92 Å². The number of aromatic amines is 1. The van der Waals surface area contributed by atoms with Crippen LogP contribution in [-0.4, -0.2) is 36.9 Å². The minimum absolute atomic E-state index is 0.0289. The summed E-state index contributed by atoms with van der Waals surface area (Å²) in [4.78, 5) is -0.0345. The Labute approximate surface area is 100 Å².